The smallest absolute Gasteiger partial charge is 0.267 e. The Bertz CT molecular complexity index is 305. The van der Waals surface area contributed by atoms with Crippen LogP contribution < -0.4 is 5.73 Å². The van der Waals surface area contributed by atoms with Crippen molar-refractivity contribution in [1.29, 1.82) is 0 Å². The fourth-order valence-corrected chi connectivity index (χ4v) is 0.772. The third kappa shape index (κ3) is 3.66. The molecule has 1 aliphatic heterocycles. The lowest BCUT2D eigenvalue weighted by atomic mass is 10.3. The highest BCUT2D eigenvalue weighted by Gasteiger charge is 1.95. The van der Waals surface area contributed by atoms with Crippen LogP contribution in [-0.2, 0) is 4.74 Å². The van der Waals surface area contributed by atoms with E-state index in [1.54, 1.807) is 18.2 Å². The van der Waals surface area contributed by atoms with Gasteiger partial charge in [-0.05, 0) is 12.1 Å². The van der Waals surface area contributed by atoms with Gasteiger partial charge >= 0.3 is 0 Å². The second-order valence-electron chi connectivity index (χ2n) is 2.46. The van der Waals surface area contributed by atoms with E-state index in [1.165, 1.54) is 12.6 Å². The van der Waals surface area contributed by atoms with Crippen molar-refractivity contribution >= 4 is 12.3 Å². The van der Waals surface area contributed by atoms with Crippen molar-refractivity contribution in [1.82, 2.24) is 4.98 Å². The second kappa shape index (κ2) is 5.69. The van der Waals surface area contributed by atoms with Gasteiger partial charge in [-0.15, -0.1) is 0 Å². The van der Waals surface area contributed by atoms with Crippen LogP contribution in [0, 0.1) is 0 Å². The quantitative estimate of drug-likeness (QED) is 0.693. The van der Waals surface area contributed by atoms with Gasteiger partial charge in [-0.1, -0.05) is 6.07 Å². The summed E-state index contributed by atoms with van der Waals surface area (Å²) >= 11 is 0. The molecule has 14 heavy (non-hydrogen) atoms. The van der Waals surface area contributed by atoms with Crippen LogP contribution in [0.25, 0.3) is 0 Å². The molecule has 0 saturated heterocycles. The molecule has 74 valence electrons. The normalized spacial score (nSPS) is 12.6. The van der Waals surface area contributed by atoms with E-state index in [2.05, 4.69) is 14.7 Å². The van der Waals surface area contributed by atoms with E-state index in [4.69, 9.17) is 5.73 Å². The van der Waals surface area contributed by atoms with Gasteiger partial charge in [0.25, 0.3) is 5.91 Å². The van der Waals surface area contributed by atoms with E-state index in [-0.39, 0.29) is 0 Å². The third-order valence-corrected chi connectivity index (χ3v) is 1.40. The molecule has 0 aliphatic carbocycles. The van der Waals surface area contributed by atoms with E-state index in [0.29, 0.717) is 5.69 Å². The number of carbonyl (C=O) groups is 1. The van der Waals surface area contributed by atoms with Crippen LogP contribution in [0.5, 0.6) is 0 Å². The number of hydrogen-bond acceptors (Lipinski definition) is 4. The summed E-state index contributed by atoms with van der Waals surface area (Å²) in [6.07, 6.45) is 3.01. The monoisotopic (exact) mass is 193 g/mol. The average molecular weight is 193 g/mol. The fraction of sp³-hybridized carbons (Fsp3) is 0.222. The number of nitrogens with two attached hydrogens (primary N) is 1. The second-order valence-corrected chi connectivity index (χ2v) is 2.46. The molecule has 0 saturated carbocycles. The molecule has 2 heterocycles. The Morgan fingerprint density at radius 2 is 2.36 bits per heavy atom. The standard InChI is InChI=1S/C6H6N2O.C3H5NO/c7-6(9)5-3-1-2-4-8-5;1-2-5-3-4-1/h1-4H,(H2,7,9);3H,1-2H2. The van der Waals surface area contributed by atoms with Crippen LogP contribution in [-0.4, -0.2) is 30.4 Å². The summed E-state index contributed by atoms with van der Waals surface area (Å²) in [5.74, 6) is -0.490. The predicted octanol–water partition coefficient (Wildman–Crippen LogP) is 0.225. The van der Waals surface area contributed by atoms with E-state index in [9.17, 15) is 4.79 Å². The van der Waals surface area contributed by atoms with Gasteiger partial charge in [0.1, 0.15) is 12.3 Å². The molecule has 5 heteroatoms. The summed E-state index contributed by atoms with van der Waals surface area (Å²) in [5, 5.41) is 0. The number of rotatable bonds is 1. The van der Waals surface area contributed by atoms with E-state index in [1.807, 2.05) is 0 Å². The van der Waals surface area contributed by atoms with Gasteiger partial charge in [0.05, 0.1) is 6.54 Å². The minimum atomic E-state index is -0.490. The maximum atomic E-state index is 10.4. The zero-order valence-corrected chi connectivity index (χ0v) is 7.59. The molecule has 1 amide bonds. The number of aliphatic imine (C=N–C) groups is 1. The summed E-state index contributed by atoms with van der Waals surface area (Å²) in [5.41, 5.74) is 5.22. The zero-order chi connectivity index (χ0) is 10.2. The minimum absolute atomic E-state index is 0.303. The zero-order valence-electron chi connectivity index (χ0n) is 7.59. The molecule has 1 aromatic rings. The summed E-state index contributed by atoms with van der Waals surface area (Å²) in [4.78, 5) is 17.8. The Morgan fingerprint density at radius 3 is 2.64 bits per heavy atom. The van der Waals surface area contributed by atoms with Gasteiger partial charge in [-0.2, -0.15) is 0 Å². The highest BCUT2D eigenvalue weighted by molar-refractivity contribution is 5.90. The molecule has 0 fully saturated rings. The number of hydrogen-bond donors (Lipinski definition) is 1. The molecule has 1 aliphatic rings. The lowest BCUT2D eigenvalue weighted by Crippen LogP contribution is -2.12. The highest BCUT2D eigenvalue weighted by Crippen LogP contribution is 1.89. The van der Waals surface area contributed by atoms with Gasteiger partial charge < -0.3 is 10.5 Å². The summed E-state index contributed by atoms with van der Waals surface area (Å²) < 4.78 is 4.65. The number of aromatic nitrogens is 1. The number of amides is 1. The Kier molecular flexibility index (Phi) is 4.13. The van der Waals surface area contributed by atoms with Crippen molar-refractivity contribution in [3.63, 3.8) is 0 Å². The summed E-state index contributed by atoms with van der Waals surface area (Å²) in [6.45, 7) is 1.62. The first-order valence-corrected chi connectivity index (χ1v) is 4.11. The maximum Gasteiger partial charge on any atom is 0.267 e. The van der Waals surface area contributed by atoms with Crippen LogP contribution in [0.1, 0.15) is 10.5 Å². The fourth-order valence-electron chi connectivity index (χ4n) is 0.772. The molecular weight excluding hydrogens is 182 g/mol. The third-order valence-electron chi connectivity index (χ3n) is 1.40. The minimum Gasteiger partial charge on any atom is -0.482 e. The van der Waals surface area contributed by atoms with Gasteiger partial charge in [0, 0.05) is 6.20 Å². The number of pyridine rings is 1. The Balaban J connectivity index is 0.000000165. The highest BCUT2D eigenvalue weighted by atomic mass is 16.5. The first-order valence-electron chi connectivity index (χ1n) is 4.11. The molecule has 0 unspecified atom stereocenters. The van der Waals surface area contributed by atoms with E-state index >= 15 is 0 Å². The number of ether oxygens (including phenoxy) is 1. The molecule has 0 spiro atoms. The van der Waals surface area contributed by atoms with Crippen LogP contribution in [0.3, 0.4) is 0 Å². The van der Waals surface area contributed by atoms with Crippen LogP contribution in [0.15, 0.2) is 29.4 Å². The number of primary amides is 1. The summed E-state index contributed by atoms with van der Waals surface area (Å²) in [7, 11) is 0. The van der Waals surface area contributed by atoms with Gasteiger partial charge in [-0.25, -0.2) is 0 Å². The maximum absolute atomic E-state index is 10.4. The van der Waals surface area contributed by atoms with Crippen molar-refractivity contribution < 1.29 is 9.53 Å². The first kappa shape index (κ1) is 10.2. The van der Waals surface area contributed by atoms with Crippen LogP contribution in [0.2, 0.25) is 0 Å². The SMILES string of the molecule is C1=NCCO1.NC(=O)c1ccccn1. The van der Waals surface area contributed by atoms with Crippen molar-refractivity contribution in [2.24, 2.45) is 10.7 Å². The Labute approximate surface area is 81.6 Å². The molecular formula is C9H11N3O2. The molecule has 0 bridgehead atoms. The molecule has 5 nitrogen and oxygen atoms in total. The van der Waals surface area contributed by atoms with Crippen molar-refractivity contribution in [3.8, 4) is 0 Å². The van der Waals surface area contributed by atoms with Gasteiger partial charge in [0.2, 0.25) is 0 Å². The van der Waals surface area contributed by atoms with Crippen LogP contribution >= 0.6 is 0 Å². The molecule has 2 N–H and O–H groups in total. The van der Waals surface area contributed by atoms with Gasteiger partial charge in [0.15, 0.2) is 6.40 Å². The van der Waals surface area contributed by atoms with E-state index in [0.717, 1.165) is 13.2 Å². The van der Waals surface area contributed by atoms with Gasteiger partial charge in [-0.3, -0.25) is 14.8 Å². The van der Waals surface area contributed by atoms with E-state index < -0.39 is 5.91 Å². The first-order chi connectivity index (χ1) is 6.80. The average Bonchev–Trinajstić information content (AvgIpc) is 2.77. The molecule has 2 rings (SSSR count). The Morgan fingerprint density at radius 1 is 1.50 bits per heavy atom. The number of nitrogens with zero attached hydrogens (tertiary/aromatic N) is 2. The van der Waals surface area contributed by atoms with Crippen LogP contribution in [0.4, 0.5) is 0 Å². The molecule has 1 aromatic heterocycles. The predicted molar refractivity (Wildman–Crippen MR) is 52.1 cm³/mol. The lowest BCUT2D eigenvalue weighted by molar-refractivity contribution is 0.0995. The molecule has 0 aromatic carbocycles. The molecule has 0 radical (unpaired) electrons. The lowest BCUT2D eigenvalue weighted by Gasteiger charge is -1.88. The topological polar surface area (TPSA) is 77.6 Å². The number of carbonyl (C=O) groups excluding carboxylic acids is 1. The van der Waals surface area contributed by atoms with Crippen molar-refractivity contribution in [3.05, 3.63) is 30.1 Å². The van der Waals surface area contributed by atoms with Crippen molar-refractivity contribution in [2.45, 2.75) is 0 Å². The molecule has 0 atom stereocenters. The Hall–Kier alpha value is -1.91. The summed E-state index contributed by atoms with van der Waals surface area (Å²) in [6, 6.07) is 5.02. The van der Waals surface area contributed by atoms with Crippen molar-refractivity contribution in [2.75, 3.05) is 13.2 Å². The largest absolute Gasteiger partial charge is 0.482 e.